The second kappa shape index (κ2) is 8.38. The summed E-state index contributed by atoms with van der Waals surface area (Å²) >= 11 is 0. The largest absolute Gasteiger partial charge is 0.444 e. The summed E-state index contributed by atoms with van der Waals surface area (Å²) < 4.78 is 5.13. The fraction of sp³-hybridized carbons (Fsp3) is 0.500. The molecule has 23 heavy (non-hydrogen) atoms. The number of rotatable bonds is 6. The number of aliphatic hydroxyl groups excluding tert-OH is 1. The van der Waals surface area contributed by atoms with Gasteiger partial charge in [0.05, 0.1) is 12.6 Å². The molecule has 1 rings (SSSR count). The van der Waals surface area contributed by atoms with E-state index in [0.29, 0.717) is 6.54 Å². The van der Waals surface area contributed by atoms with Crippen LogP contribution in [-0.2, 0) is 11.3 Å². The van der Waals surface area contributed by atoms with Gasteiger partial charge >= 0.3 is 12.1 Å². The zero-order valence-electron chi connectivity index (χ0n) is 13.8. The number of carbonyl (C=O) groups is 2. The maximum Gasteiger partial charge on any atom is 0.408 e. The standard InChI is InChI=1S/C16H25N3O4/c1-16(2,3)23-15(22)18-13(11-20)10-19(14(17)21)9-12-7-5-4-6-8-12/h4-8,13,20H,9-11H2,1-3H3,(H2,17,21)(H,18,22)/t13-/m1/s1. The first-order valence-corrected chi connectivity index (χ1v) is 7.40. The van der Waals surface area contributed by atoms with Crippen LogP contribution < -0.4 is 11.1 Å². The predicted octanol–water partition coefficient (Wildman–Crippen LogP) is 1.45. The van der Waals surface area contributed by atoms with Gasteiger partial charge in [-0.3, -0.25) is 0 Å². The minimum atomic E-state index is -0.666. The van der Waals surface area contributed by atoms with E-state index in [1.165, 1.54) is 4.90 Å². The van der Waals surface area contributed by atoms with Gasteiger partial charge in [-0.15, -0.1) is 0 Å². The molecule has 128 valence electrons. The minimum absolute atomic E-state index is 0.0833. The van der Waals surface area contributed by atoms with E-state index in [4.69, 9.17) is 10.5 Å². The number of hydrogen-bond acceptors (Lipinski definition) is 4. The first-order chi connectivity index (χ1) is 10.7. The molecular weight excluding hydrogens is 298 g/mol. The monoisotopic (exact) mass is 323 g/mol. The summed E-state index contributed by atoms with van der Waals surface area (Å²) in [4.78, 5) is 24.7. The number of ether oxygens (including phenoxy) is 1. The second-order valence-corrected chi connectivity index (χ2v) is 6.23. The van der Waals surface area contributed by atoms with E-state index in [9.17, 15) is 14.7 Å². The molecule has 0 aliphatic carbocycles. The molecule has 0 fully saturated rings. The fourth-order valence-corrected chi connectivity index (χ4v) is 1.93. The van der Waals surface area contributed by atoms with Crippen LogP contribution in [0.5, 0.6) is 0 Å². The van der Waals surface area contributed by atoms with Crippen molar-refractivity contribution in [3.8, 4) is 0 Å². The van der Waals surface area contributed by atoms with Crippen molar-refractivity contribution in [2.75, 3.05) is 13.2 Å². The average molecular weight is 323 g/mol. The number of benzene rings is 1. The molecule has 0 saturated carbocycles. The summed E-state index contributed by atoms with van der Waals surface area (Å²) in [6.45, 7) is 5.27. The van der Waals surface area contributed by atoms with E-state index in [1.807, 2.05) is 30.3 Å². The molecule has 7 nitrogen and oxygen atoms in total. The van der Waals surface area contributed by atoms with Crippen molar-refractivity contribution >= 4 is 12.1 Å². The second-order valence-electron chi connectivity index (χ2n) is 6.23. The lowest BCUT2D eigenvalue weighted by molar-refractivity contribution is 0.0468. The topological polar surface area (TPSA) is 105 Å². The molecular formula is C16H25N3O4. The van der Waals surface area contributed by atoms with Crippen LogP contribution >= 0.6 is 0 Å². The summed E-state index contributed by atoms with van der Waals surface area (Å²) in [5, 5.41) is 12.0. The van der Waals surface area contributed by atoms with Crippen LogP contribution in [0.1, 0.15) is 26.3 Å². The third kappa shape index (κ3) is 7.51. The summed E-state index contributed by atoms with van der Waals surface area (Å²) in [5.74, 6) is 0. The van der Waals surface area contributed by atoms with Gasteiger partial charge in [0.25, 0.3) is 0 Å². The Morgan fingerprint density at radius 3 is 2.39 bits per heavy atom. The van der Waals surface area contributed by atoms with Crippen LogP contribution in [0, 0.1) is 0 Å². The Morgan fingerprint density at radius 1 is 1.30 bits per heavy atom. The third-order valence-corrected chi connectivity index (χ3v) is 2.91. The number of carbonyl (C=O) groups excluding carboxylic acids is 2. The molecule has 0 aliphatic heterocycles. The maximum atomic E-state index is 11.8. The van der Waals surface area contributed by atoms with Gasteiger partial charge in [-0.1, -0.05) is 30.3 Å². The van der Waals surface area contributed by atoms with Crippen LogP contribution in [-0.4, -0.2) is 46.9 Å². The van der Waals surface area contributed by atoms with E-state index in [-0.39, 0.29) is 13.2 Å². The number of nitrogens with zero attached hydrogens (tertiary/aromatic N) is 1. The first-order valence-electron chi connectivity index (χ1n) is 7.40. The van der Waals surface area contributed by atoms with Gasteiger partial charge in [0, 0.05) is 13.1 Å². The number of aliphatic hydroxyl groups is 1. The Morgan fingerprint density at radius 2 is 1.91 bits per heavy atom. The average Bonchev–Trinajstić information content (AvgIpc) is 2.44. The Labute approximate surface area is 136 Å². The lowest BCUT2D eigenvalue weighted by Gasteiger charge is -2.27. The quantitative estimate of drug-likeness (QED) is 0.737. The highest BCUT2D eigenvalue weighted by molar-refractivity contribution is 5.72. The van der Waals surface area contributed by atoms with Gasteiger partial charge in [-0.25, -0.2) is 9.59 Å². The minimum Gasteiger partial charge on any atom is -0.444 e. The Bertz CT molecular complexity index is 514. The molecule has 0 unspecified atom stereocenters. The van der Waals surface area contributed by atoms with E-state index in [1.54, 1.807) is 20.8 Å². The van der Waals surface area contributed by atoms with E-state index >= 15 is 0 Å². The number of urea groups is 1. The summed E-state index contributed by atoms with van der Waals surface area (Å²) in [6, 6.07) is 8.03. The molecule has 4 N–H and O–H groups in total. The number of amides is 3. The summed E-state index contributed by atoms with van der Waals surface area (Å²) in [6.07, 6.45) is -0.652. The molecule has 0 saturated heterocycles. The zero-order chi connectivity index (χ0) is 17.5. The molecule has 0 aliphatic rings. The van der Waals surface area contributed by atoms with Crippen molar-refractivity contribution in [2.45, 2.75) is 39.0 Å². The van der Waals surface area contributed by atoms with Gasteiger partial charge in [-0.05, 0) is 26.3 Å². The molecule has 7 heteroatoms. The smallest absolute Gasteiger partial charge is 0.408 e. The highest BCUT2D eigenvalue weighted by Crippen LogP contribution is 2.08. The van der Waals surface area contributed by atoms with Crippen molar-refractivity contribution < 1.29 is 19.4 Å². The van der Waals surface area contributed by atoms with Crippen LogP contribution in [0.4, 0.5) is 9.59 Å². The number of alkyl carbamates (subject to hydrolysis) is 1. The van der Waals surface area contributed by atoms with Crippen molar-refractivity contribution in [2.24, 2.45) is 5.73 Å². The maximum absolute atomic E-state index is 11.8. The van der Waals surface area contributed by atoms with Crippen molar-refractivity contribution in [1.82, 2.24) is 10.2 Å². The van der Waals surface area contributed by atoms with E-state index in [2.05, 4.69) is 5.32 Å². The van der Waals surface area contributed by atoms with Crippen molar-refractivity contribution in [1.29, 1.82) is 0 Å². The van der Waals surface area contributed by atoms with Gasteiger partial charge in [0.1, 0.15) is 5.60 Å². The van der Waals surface area contributed by atoms with Crippen LogP contribution in [0.15, 0.2) is 30.3 Å². The lowest BCUT2D eigenvalue weighted by atomic mass is 10.2. The van der Waals surface area contributed by atoms with E-state index in [0.717, 1.165) is 5.56 Å². The zero-order valence-corrected chi connectivity index (χ0v) is 13.8. The summed E-state index contributed by atoms with van der Waals surface area (Å²) in [7, 11) is 0. The molecule has 1 aromatic carbocycles. The Hall–Kier alpha value is -2.28. The van der Waals surface area contributed by atoms with Crippen LogP contribution in [0.3, 0.4) is 0 Å². The van der Waals surface area contributed by atoms with Crippen LogP contribution in [0.25, 0.3) is 0 Å². The fourth-order valence-electron chi connectivity index (χ4n) is 1.93. The highest BCUT2D eigenvalue weighted by Gasteiger charge is 2.22. The molecule has 0 radical (unpaired) electrons. The normalized spacial score (nSPS) is 12.3. The number of primary amides is 1. The third-order valence-electron chi connectivity index (χ3n) is 2.91. The SMILES string of the molecule is CC(C)(C)OC(=O)N[C@@H](CO)CN(Cc1ccccc1)C(N)=O. The van der Waals surface area contributed by atoms with Crippen molar-refractivity contribution in [3.63, 3.8) is 0 Å². The molecule has 1 aromatic rings. The summed E-state index contributed by atoms with van der Waals surface area (Å²) in [5.41, 5.74) is 5.64. The van der Waals surface area contributed by atoms with Gasteiger partial charge in [0.15, 0.2) is 0 Å². The van der Waals surface area contributed by atoms with Gasteiger partial charge in [0.2, 0.25) is 0 Å². The first kappa shape index (κ1) is 18.8. The van der Waals surface area contributed by atoms with Crippen LogP contribution in [0.2, 0.25) is 0 Å². The number of nitrogens with one attached hydrogen (secondary N) is 1. The molecule has 0 heterocycles. The van der Waals surface area contributed by atoms with Gasteiger partial charge in [-0.2, -0.15) is 0 Å². The lowest BCUT2D eigenvalue weighted by Crippen LogP contribution is -2.49. The van der Waals surface area contributed by atoms with Crippen molar-refractivity contribution in [3.05, 3.63) is 35.9 Å². The molecule has 1 atom stereocenters. The van der Waals surface area contributed by atoms with Gasteiger partial charge < -0.3 is 25.8 Å². The predicted molar refractivity (Wildman–Crippen MR) is 86.7 cm³/mol. The van der Waals surface area contributed by atoms with E-state index < -0.39 is 23.8 Å². The number of nitrogens with two attached hydrogens (primary N) is 1. The highest BCUT2D eigenvalue weighted by atomic mass is 16.6. The Kier molecular flexibility index (Phi) is 6.84. The number of hydrogen-bond donors (Lipinski definition) is 3. The Balaban J connectivity index is 2.65. The molecule has 0 bridgehead atoms. The molecule has 0 aromatic heterocycles. The molecule has 0 spiro atoms. The molecule has 3 amide bonds.